The molecule has 1 saturated heterocycles. The number of aryl methyl sites for hydroxylation is 1. The number of nitrogens with zero attached hydrogens (tertiary/aromatic N) is 3. The standard InChI is InChI=1S/C12H20N4O4S/c1-9-4-6-16(7-5-9)21(18,19)14-11-8-10(12(17)20-3)15(2)13-11/h8-9H,4-7H2,1-3H3,(H,13,14). The molecular formula is C12H20N4O4S. The highest BCUT2D eigenvalue weighted by molar-refractivity contribution is 7.90. The van der Waals surface area contributed by atoms with E-state index in [-0.39, 0.29) is 11.5 Å². The number of carbonyl (C=O) groups is 1. The lowest BCUT2D eigenvalue weighted by Gasteiger charge is -2.29. The van der Waals surface area contributed by atoms with Crippen molar-refractivity contribution in [2.45, 2.75) is 19.8 Å². The largest absolute Gasteiger partial charge is 0.464 e. The minimum absolute atomic E-state index is 0.108. The fourth-order valence-electron chi connectivity index (χ4n) is 2.23. The Labute approximate surface area is 124 Å². The summed E-state index contributed by atoms with van der Waals surface area (Å²) in [6.07, 6.45) is 1.69. The van der Waals surface area contributed by atoms with Crippen molar-refractivity contribution in [3.8, 4) is 0 Å². The van der Waals surface area contributed by atoms with E-state index in [4.69, 9.17) is 0 Å². The second-order valence-electron chi connectivity index (χ2n) is 5.22. The Balaban J connectivity index is 2.12. The molecule has 0 radical (unpaired) electrons. The van der Waals surface area contributed by atoms with E-state index in [9.17, 15) is 13.2 Å². The topological polar surface area (TPSA) is 93.5 Å². The number of ether oxygens (including phenoxy) is 1. The maximum absolute atomic E-state index is 12.3. The van der Waals surface area contributed by atoms with Crippen LogP contribution in [0.4, 0.5) is 5.82 Å². The Morgan fingerprint density at radius 3 is 2.62 bits per heavy atom. The van der Waals surface area contributed by atoms with Crippen LogP contribution in [0.5, 0.6) is 0 Å². The Morgan fingerprint density at radius 1 is 1.43 bits per heavy atom. The lowest BCUT2D eigenvalue weighted by molar-refractivity contribution is 0.0588. The number of hydrogen-bond donors (Lipinski definition) is 1. The molecule has 0 unspecified atom stereocenters. The number of rotatable bonds is 4. The van der Waals surface area contributed by atoms with Crippen molar-refractivity contribution in [3.05, 3.63) is 11.8 Å². The van der Waals surface area contributed by atoms with Gasteiger partial charge in [0.1, 0.15) is 5.69 Å². The van der Waals surface area contributed by atoms with Crippen LogP contribution in [0.25, 0.3) is 0 Å². The Morgan fingerprint density at radius 2 is 2.05 bits per heavy atom. The minimum atomic E-state index is -3.64. The average molecular weight is 316 g/mol. The summed E-state index contributed by atoms with van der Waals surface area (Å²) in [5, 5.41) is 3.97. The summed E-state index contributed by atoms with van der Waals surface area (Å²) in [6, 6.07) is 1.36. The first-order valence-corrected chi connectivity index (χ1v) is 8.17. The number of anilines is 1. The highest BCUT2D eigenvalue weighted by Gasteiger charge is 2.27. The third kappa shape index (κ3) is 3.53. The first kappa shape index (κ1) is 15.8. The van der Waals surface area contributed by atoms with Crippen LogP contribution in [0.1, 0.15) is 30.3 Å². The van der Waals surface area contributed by atoms with Gasteiger partial charge in [-0.2, -0.15) is 17.8 Å². The first-order valence-electron chi connectivity index (χ1n) is 6.73. The van der Waals surface area contributed by atoms with Crippen LogP contribution in [0.15, 0.2) is 6.07 Å². The molecule has 1 N–H and O–H groups in total. The van der Waals surface area contributed by atoms with Gasteiger partial charge < -0.3 is 4.74 Å². The SMILES string of the molecule is COC(=O)c1cc(NS(=O)(=O)N2CCC(C)CC2)nn1C. The molecule has 118 valence electrons. The molecule has 0 aromatic carbocycles. The predicted molar refractivity (Wildman–Crippen MR) is 77.1 cm³/mol. The van der Waals surface area contributed by atoms with Gasteiger partial charge in [0, 0.05) is 26.2 Å². The summed E-state index contributed by atoms with van der Waals surface area (Å²) in [5.74, 6) is 0.0796. The number of esters is 1. The van der Waals surface area contributed by atoms with Gasteiger partial charge in [-0.15, -0.1) is 0 Å². The van der Waals surface area contributed by atoms with Crippen LogP contribution in [-0.4, -0.2) is 48.7 Å². The number of aromatic nitrogens is 2. The van der Waals surface area contributed by atoms with Crippen LogP contribution in [0, 0.1) is 5.92 Å². The van der Waals surface area contributed by atoms with Crippen molar-refractivity contribution in [2.24, 2.45) is 13.0 Å². The van der Waals surface area contributed by atoms with Crippen LogP contribution >= 0.6 is 0 Å². The number of piperidine rings is 1. The quantitative estimate of drug-likeness (QED) is 0.821. The molecule has 0 amide bonds. The van der Waals surface area contributed by atoms with Crippen molar-refractivity contribution >= 4 is 22.0 Å². The Kier molecular flexibility index (Phi) is 4.52. The monoisotopic (exact) mass is 316 g/mol. The molecule has 1 fully saturated rings. The molecule has 2 rings (SSSR count). The highest BCUT2D eigenvalue weighted by Crippen LogP contribution is 2.20. The van der Waals surface area contributed by atoms with Crippen LogP contribution in [0.3, 0.4) is 0 Å². The molecule has 0 saturated carbocycles. The number of methoxy groups -OCH3 is 1. The molecule has 9 heteroatoms. The summed E-state index contributed by atoms with van der Waals surface area (Å²) in [6.45, 7) is 3.10. The van der Waals surface area contributed by atoms with Crippen LogP contribution in [0.2, 0.25) is 0 Å². The van der Waals surface area contributed by atoms with E-state index in [1.807, 2.05) is 0 Å². The molecular weight excluding hydrogens is 296 g/mol. The average Bonchev–Trinajstić information content (AvgIpc) is 2.78. The summed E-state index contributed by atoms with van der Waals surface area (Å²) in [7, 11) is -0.834. The van der Waals surface area contributed by atoms with Gasteiger partial charge in [0.2, 0.25) is 0 Å². The van der Waals surface area contributed by atoms with E-state index in [0.717, 1.165) is 12.8 Å². The Hall–Kier alpha value is -1.61. The smallest absolute Gasteiger partial charge is 0.356 e. The van der Waals surface area contributed by atoms with Crippen molar-refractivity contribution in [3.63, 3.8) is 0 Å². The molecule has 1 aromatic heterocycles. The van der Waals surface area contributed by atoms with Crippen LogP contribution < -0.4 is 4.72 Å². The van der Waals surface area contributed by atoms with Gasteiger partial charge in [-0.3, -0.25) is 9.40 Å². The van der Waals surface area contributed by atoms with Crippen molar-refractivity contribution in [1.29, 1.82) is 0 Å². The second kappa shape index (κ2) is 6.02. The summed E-state index contributed by atoms with van der Waals surface area (Å²) >= 11 is 0. The fraction of sp³-hybridized carbons (Fsp3) is 0.667. The molecule has 1 aliphatic rings. The maximum Gasteiger partial charge on any atom is 0.356 e. The second-order valence-corrected chi connectivity index (χ2v) is 6.89. The summed E-state index contributed by atoms with van der Waals surface area (Å²) in [4.78, 5) is 11.5. The third-order valence-corrected chi connectivity index (χ3v) is 5.10. The van der Waals surface area contributed by atoms with E-state index in [1.165, 1.54) is 22.2 Å². The lowest BCUT2D eigenvalue weighted by Crippen LogP contribution is -2.41. The van der Waals surface area contributed by atoms with Gasteiger partial charge in [-0.1, -0.05) is 6.92 Å². The van der Waals surface area contributed by atoms with Crippen molar-refractivity contribution in [2.75, 3.05) is 24.9 Å². The molecule has 0 aliphatic carbocycles. The fourth-order valence-corrected chi connectivity index (χ4v) is 3.42. The number of hydrogen-bond acceptors (Lipinski definition) is 5. The van der Waals surface area contributed by atoms with Crippen molar-refractivity contribution < 1.29 is 17.9 Å². The normalized spacial score (nSPS) is 17.7. The van der Waals surface area contributed by atoms with E-state index >= 15 is 0 Å². The zero-order chi connectivity index (χ0) is 15.6. The molecule has 0 bridgehead atoms. The zero-order valence-corrected chi connectivity index (χ0v) is 13.2. The molecule has 21 heavy (non-hydrogen) atoms. The van der Waals surface area contributed by atoms with Gasteiger partial charge in [-0.05, 0) is 18.8 Å². The van der Waals surface area contributed by atoms with Crippen LogP contribution in [-0.2, 0) is 22.0 Å². The third-order valence-electron chi connectivity index (χ3n) is 3.59. The summed E-state index contributed by atoms with van der Waals surface area (Å²) in [5.41, 5.74) is 0.183. The van der Waals surface area contributed by atoms with Gasteiger partial charge in [0.05, 0.1) is 7.11 Å². The highest BCUT2D eigenvalue weighted by atomic mass is 32.2. The predicted octanol–water partition coefficient (Wildman–Crippen LogP) is 0.595. The maximum atomic E-state index is 12.3. The number of carbonyl (C=O) groups excluding carboxylic acids is 1. The van der Waals surface area contributed by atoms with E-state index < -0.39 is 16.2 Å². The molecule has 0 spiro atoms. The minimum Gasteiger partial charge on any atom is -0.464 e. The molecule has 2 heterocycles. The van der Waals surface area contributed by atoms with Crippen molar-refractivity contribution in [1.82, 2.24) is 14.1 Å². The van der Waals surface area contributed by atoms with E-state index in [0.29, 0.717) is 19.0 Å². The van der Waals surface area contributed by atoms with Gasteiger partial charge in [0.25, 0.3) is 0 Å². The lowest BCUT2D eigenvalue weighted by atomic mass is 10.0. The Bertz CT molecular complexity index is 617. The molecule has 1 aliphatic heterocycles. The van der Waals surface area contributed by atoms with Gasteiger partial charge in [0.15, 0.2) is 5.82 Å². The van der Waals surface area contributed by atoms with Gasteiger partial charge in [-0.25, -0.2) is 4.79 Å². The zero-order valence-electron chi connectivity index (χ0n) is 12.4. The molecule has 8 nitrogen and oxygen atoms in total. The van der Waals surface area contributed by atoms with E-state index in [1.54, 1.807) is 7.05 Å². The molecule has 0 atom stereocenters. The van der Waals surface area contributed by atoms with E-state index in [2.05, 4.69) is 21.5 Å². The molecule has 1 aromatic rings. The first-order chi connectivity index (χ1) is 9.83. The number of nitrogens with one attached hydrogen (secondary N) is 1. The van der Waals surface area contributed by atoms with Gasteiger partial charge >= 0.3 is 16.2 Å². The summed E-state index contributed by atoms with van der Waals surface area (Å²) < 4.78 is 34.2.